The number of amides is 3. The number of hydrogen-bond acceptors (Lipinski definition) is 4. The van der Waals surface area contributed by atoms with Crippen LogP contribution in [0.4, 0.5) is 0 Å². The minimum atomic E-state index is -0.853. The highest BCUT2D eigenvalue weighted by molar-refractivity contribution is 6.31. The Hall–Kier alpha value is -2.58. The molecule has 3 heterocycles. The van der Waals surface area contributed by atoms with Crippen LogP contribution in [0.5, 0.6) is 0 Å². The zero-order chi connectivity index (χ0) is 28.6. The fraction of sp³-hybridized carbons (Fsp3) is 0.633. The Bertz CT molecular complexity index is 1230. The smallest absolute Gasteiger partial charge is 0.228 e. The maximum absolute atomic E-state index is 14.4. The minimum Gasteiger partial charge on any atom is -0.356 e. The van der Waals surface area contributed by atoms with Gasteiger partial charge in [0, 0.05) is 59.1 Å². The summed E-state index contributed by atoms with van der Waals surface area (Å²) in [6.45, 7) is 12.1. The summed E-state index contributed by atoms with van der Waals surface area (Å²) in [5.74, 6) is -1.19. The summed E-state index contributed by atoms with van der Waals surface area (Å²) in [4.78, 5) is 50.7. The molecular weight excluding hydrogens is 514 g/mol. The van der Waals surface area contributed by atoms with Crippen molar-refractivity contribution in [3.63, 3.8) is 0 Å². The van der Waals surface area contributed by atoms with Crippen molar-refractivity contribution in [2.75, 3.05) is 33.7 Å². The van der Waals surface area contributed by atoms with Crippen LogP contribution in [-0.2, 0) is 26.3 Å². The van der Waals surface area contributed by atoms with Crippen LogP contribution in [0.25, 0.3) is 10.9 Å². The van der Waals surface area contributed by atoms with Gasteiger partial charge in [-0.15, -0.1) is 0 Å². The molecule has 2 aromatic rings. The lowest BCUT2D eigenvalue weighted by molar-refractivity contribution is -0.166. The summed E-state index contributed by atoms with van der Waals surface area (Å²) in [6, 6.07) is 5.80. The summed E-state index contributed by atoms with van der Waals surface area (Å²) >= 11 is 6.35. The molecule has 2 N–H and O–H groups in total. The van der Waals surface area contributed by atoms with Gasteiger partial charge in [-0.1, -0.05) is 11.6 Å². The predicted molar refractivity (Wildman–Crippen MR) is 156 cm³/mol. The molecular formula is C30H44ClN5O3. The molecule has 0 saturated carbocycles. The third kappa shape index (κ3) is 5.55. The van der Waals surface area contributed by atoms with Crippen LogP contribution in [0.15, 0.2) is 18.2 Å². The maximum atomic E-state index is 14.4. The highest BCUT2D eigenvalue weighted by Crippen LogP contribution is 2.50. The van der Waals surface area contributed by atoms with Crippen molar-refractivity contribution >= 4 is 40.2 Å². The third-order valence-electron chi connectivity index (χ3n) is 8.54. The number of nitrogens with zero attached hydrogens (tertiary/aromatic N) is 3. The molecule has 0 aliphatic carbocycles. The van der Waals surface area contributed by atoms with E-state index in [0.29, 0.717) is 31.0 Å². The first-order valence-corrected chi connectivity index (χ1v) is 14.6. The molecule has 1 aromatic carbocycles. The maximum Gasteiger partial charge on any atom is 0.228 e. The molecule has 1 fully saturated rings. The number of hydrogen-bond donors (Lipinski definition) is 2. The number of H-pyrrole nitrogens is 1. The summed E-state index contributed by atoms with van der Waals surface area (Å²) in [5, 5.41) is 4.68. The van der Waals surface area contributed by atoms with E-state index in [1.807, 2.05) is 76.7 Å². The number of halogens is 1. The second-order valence-corrected chi connectivity index (χ2v) is 12.6. The van der Waals surface area contributed by atoms with E-state index in [1.54, 1.807) is 0 Å². The average molecular weight is 558 g/mol. The summed E-state index contributed by atoms with van der Waals surface area (Å²) in [7, 11) is 4.00. The Morgan fingerprint density at radius 2 is 1.90 bits per heavy atom. The van der Waals surface area contributed by atoms with Gasteiger partial charge in [0.05, 0.1) is 11.5 Å². The van der Waals surface area contributed by atoms with Gasteiger partial charge in [0.1, 0.15) is 0 Å². The van der Waals surface area contributed by atoms with Crippen molar-refractivity contribution < 1.29 is 14.4 Å². The van der Waals surface area contributed by atoms with Gasteiger partial charge in [-0.05, 0) is 98.3 Å². The highest BCUT2D eigenvalue weighted by Gasteiger charge is 2.57. The lowest BCUT2D eigenvalue weighted by atomic mass is 9.67. The number of fused-ring (bicyclic) bond motifs is 5. The molecule has 0 spiro atoms. The molecule has 0 radical (unpaired) electrons. The minimum absolute atomic E-state index is 0.00945. The monoisotopic (exact) mass is 557 g/mol. The highest BCUT2D eigenvalue weighted by atomic mass is 35.5. The van der Waals surface area contributed by atoms with Crippen molar-refractivity contribution in [3.8, 4) is 0 Å². The number of benzene rings is 1. The van der Waals surface area contributed by atoms with Crippen molar-refractivity contribution in [1.82, 2.24) is 25.0 Å². The topological polar surface area (TPSA) is 88.8 Å². The van der Waals surface area contributed by atoms with Crippen LogP contribution >= 0.6 is 11.6 Å². The van der Waals surface area contributed by atoms with E-state index in [1.165, 1.54) is 0 Å². The molecule has 4 rings (SSSR count). The first-order valence-electron chi connectivity index (χ1n) is 14.2. The lowest BCUT2D eigenvalue weighted by Gasteiger charge is -2.54. The SMILES string of the molecule is CC(C)N(C(=O)[C@H]1C[C@H](CC(=O)NCCCN(C)C)C(=O)N2CCc3c([nH]c4ccc(Cl)cc34)[C@]12C)C(C)C. The van der Waals surface area contributed by atoms with E-state index in [2.05, 4.69) is 15.2 Å². The normalized spacial score (nSPS) is 22.9. The van der Waals surface area contributed by atoms with E-state index in [9.17, 15) is 14.4 Å². The molecule has 39 heavy (non-hydrogen) atoms. The molecule has 0 unspecified atom stereocenters. The Balaban J connectivity index is 1.71. The summed E-state index contributed by atoms with van der Waals surface area (Å²) in [6.07, 6.45) is 1.93. The summed E-state index contributed by atoms with van der Waals surface area (Å²) < 4.78 is 0. The van der Waals surface area contributed by atoms with E-state index in [4.69, 9.17) is 11.6 Å². The number of piperidine rings is 1. The molecule has 8 nitrogen and oxygen atoms in total. The standard InChI is InChI=1S/C30H44ClN5O3/c1-18(2)36(19(3)4)29(39)24-15-20(16-26(37)32-12-8-13-34(6)7)28(38)35-14-11-22-23-17-21(31)9-10-25(23)33-27(22)30(24,35)5/h9-10,17-20,24,33H,8,11-16H2,1-7H3,(H,32,37)/t20-,24-,30+/m1/s1. The zero-order valence-electron chi connectivity index (χ0n) is 24.4. The first-order chi connectivity index (χ1) is 18.4. The van der Waals surface area contributed by atoms with E-state index < -0.39 is 17.4 Å². The van der Waals surface area contributed by atoms with Gasteiger partial charge < -0.3 is 25.0 Å². The number of rotatable bonds is 9. The number of aromatic nitrogens is 1. The van der Waals surface area contributed by atoms with E-state index in [-0.39, 0.29) is 36.2 Å². The predicted octanol–water partition coefficient (Wildman–Crippen LogP) is 4.16. The molecule has 2 aliphatic rings. The first kappa shape index (κ1) is 29.4. The van der Waals surface area contributed by atoms with Crippen molar-refractivity contribution in [1.29, 1.82) is 0 Å². The van der Waals surface area contributed by atoms with Gasteiger partial charge in [0.25, 0.3) is 0 Å². The van der Waals surface area contributed by atoms with E-state index in [0.717, 1.165) is 35.1 Å². The van der Waals surface area contributed by atoms with Crippen molar-refractivity contribution in [2.24, 2.45) is 11.8 Å². The van der Waals surface area contributed by atoms with Gasteiger partial charge in [-0.2, -0.15) is 0 Å². The van der Waals surface area contributed by atoms with E-state index >= 15 is 0 Å². The molecule has 9 heteroatoms. The molecule has 2 aliphatic heterocycles. The molecule has 3 atom stereocenters. The quantitative estimate of drug-likeness (QED) is 0.453. The van der Waals surface area contributed by atoms with Crippen LogP contribution in [0, 0.1) is 11.8 Å². The van der Waals surface area contributed by atoms with Gasteiger partial charge in [-0.25, -0.2) is 0 Å². The van der Waals surface area contributed by atoms with Gasteiger partial charge in [-0.3, -0.25) is 14.4 Å². The van der Waals surface area contributed by atoms with Crippen LogP contribution in [-0.4, -0.2) is 83.2 Å². The number of nitrogens with one attached hydrogen (secondary N) is 2. The molecule has 3 amide bonds. The van der Waals surface area contributed by atoms with Gasteiger partial charge in [0.15, 0.2) is 0 Å². The van der Waals surface area contributed by atoms with Crippen LogP contribution < -0.4 is 5.32 Å². The Morgan fingerprint density at radius 3 is 2.54 bits per heavy atom. The third-order valence-corrected chi connectivity index (χ3v) is 8.77. The Morgan fingerprint density at radius 1 is 1.21 bits per heavy atom. The van der Waals surface area contributed by atoms with Gasteiger partial charge in [0.2, 0.25) is 17.7 Å². The molecule has 0 bridgehead atoms. The fourth-order valence-electron chi connectivity index (χ4n) is 6.76. The number of aromatic amines is 1. The van der Waals surface area contributed by atoms with Crippen molar-refractivity contribution in [2.45, 2.75) is 77.9 Å². The van der Waals surface area contributed by atoms with Gasteiger partial charge >= 0.3 is 0 Å². The second-order valence-electron chi connectivity index (χ2n) is 12.2. The Kier molecular flexibility index (Phi) is 8.67. The number of carbonyl (C=O) groups excluding carboxylic acids is 3. The zero-order valence-corrected chi connectivity index (χ0v) is 25.2. The molecule has 1 aromatic heterocycles. The van der Waals surface area contributed by atoms with Crippen LogP contribution in [0.3, 0.4) is 0 Å². The molecule has 1 saturated heterocycles. The largest absolute Gasteiger partial charge is 0.356 e. The lowest BCUT2D eigenvalue weighted by Crippen LogP contribution is -2.65. The fourth-order valence-corrected chi connectivity index (χ4v) is 6.93. The van der Waals surface area contributed by atoms with Crippen LogP contribution in [0.1, 0.15) is 65.1 Å². The van der Waals surface area contributed by atoms with Crippen molar-refractivity contribution in [3.05, 3.63) is 34.5 Å². The second kappa shape index (κ2) is 11.5. The number of carbonyl (C=O) groups is 3. The average Bonchev–Trinajstić information content (AvgIpc) is 3.22. The molecule has 214 valence electrons. The van der Waals surface area contributed by atoms with Crippen LogP contribution in [0.2, 0.25) is 5.02 Å². The Labute approximate surface area is 237 Å². The summed E-state index contributed by atoms with van der Waals surface area (Å²) in [5.41, 5.74) is 2.13.